The summed E-state index contributed by atoms with van der Waals surface area (Å²) in [7, 11) is 0. The average molecular weight is 373 g/mol. The first-order valence-electron chi connectivity index (χ1n) is 7.39. The highest BCUT2D eigenvalue weighted by Gasteiger charge is 2.36. The van der Waals surface area contributed by atoms with Crippen molar-refractivity contribution in [3.05, 3.63) is 70.1 Å². The van der Waals surface area contributed by atoms with E-state index < -0.39 is 17.1 Å². The monoisotopic (exact) mass is 372 g/mol. The maximum atomic E-state index is 12.4. The Morgan fingerprint density at radius 1 is 1.08 bits per heavy atom. The minimum Gasteiger partial charge on any atom is -0.325 e. The second kappa shape index (κ2) is 7.55. The van der Waals surface area contributed by atoms with Crippen LogP contribution in [0.3, 0.4) is 0 Å². The fourth-order valence-electron chi connectivity index (χ4n) is 2.21. The van der Waals surface area contributed by atoms with Crippen molar-refractivity contribution in [2.45, 2.75) is 0 Å². The number of amides is 3. The van der Waals surface area contributed by atoms with E-state index in [1.54, 1.807) is 30.3 Å². The van der Waals surface area contributed by atoms with Crippen LogP contribution in [-0.2, 0) is 9.59 Å². The molecule has 0 saturated carbocycles. The van der Waals surface area contributed by atoms with Gasteiger partial charge in [0, 0.05) is 10.7 Å². The summed E-state index contributed by atoms with van der Waals surface area (Å²) in [5, 5.41) is 2.72. The van der Waals surface area contributed by atoms with Gasteiger partial charge in [0.05, 0.1) is 4.91 Å². The zero-order valence-electron chi connectivity index (χ0n) is 12.9. The van der Waals surface area contributed by atoms with Crippen molar-refractivity contribution in [1.82, 2.24) is 4.90 Å². The lowest BCUT2D eigenvalue weighted by molar-refractivity contribution is -0.127. The summed E-state index contributed by atoms with van der Waals surface area (Å²) < 4.78 is 0. The zero-order chi connectivity index (χ0) is 17.8. The molecule has 0 unspecified atom stereocenters. The molecule has 1 saturated heterocycles. The molecule has 0 aliphatic carbocycles. The lowest BCUT2D eigenvalue weighted by atomic mass is 10.2. The van der Waals surface area contributed by atoms with Crippen LogP contribution in [-0.4, -0.2) is 28.5 Å². The summed E-state index contributed by atoms with van der Waals surface area (Å²) in [6, 6.07) is 15.8. The number of thioether (sulfide) groups is 1. The van der Waals surface area contributed by atoms with Crippen molar-refractivity contribution in [3.8, 4) is 0 Å². The van der Waals surface area contributed by atoms with Gasteiger partial charge < -0.3 is 5.32 Å². The summed E-state index contributed by atoms with van der Waals surface area (Å²) in [4.78, 5) is 37.7. The van der Waals surface area contributed by atoms with Crippen molar-refractivity contribution in [1.29, 1.82) is 0 Å². The molecule has 0 atom stereocenters. The third-order valence-electron chi connectivity index (χ3n) is 3.40. The van der Waals surface area contributed by atoms with Crippen molar-refractivity contribution in [3.63, 3.8) is 0 Å². The number of carbonyl (C=O) groups excluding carboxylic acids is 3. The molecule has 5 nitrogen and oxygen atoms in total. The van der Waals surface area contributed by atoms with E-state index in [4.69, 9.17) is 11.6 Å². The fraction of sp³-hybridized carbons (Fsp3) is 0.0556. The van der Waals surface area contributed by atoms with Crippen LogP contribution >= 0.6 is 23.4 Å². The Hall–Kier alpha value is -2.57. The van der Waals surface area contributed by atoms with Crippen LogP contribution < -0.4 is 5.32 Å². The molecule has 0 aromatic heterocycles. The maximum Gasteiger partial charge on any atom is 0.294 e. The van der Waals surface area contributed by atoms with Crippen molar-refractivity contribution < 1.29 is 14.4 Å². The molecule has 0 spiro atoms. The van der Waals surface area contributed by atoms with E-state index in [-0.39, 0.29) is 6.54 Å². The molecule has 1 aliphatic rings. The second-order valence-electron chi connectivity index (χ2n) is 5.23. The Kier molecular flexibility index (Phi) is 5.21. The molecule has 7 heteroatoms. The lowest BCUT2D eigenvalue weighted by Gasteiger charge is -2.12. The fourth-order valence-corrected chi connectivity index (χ4v) is 3.18. The minimum absolute atomic E-state index is 0.301. The molecule has 126 valence electrons. The molecule has 0 bridgehead atoms. The number of hydrogen-bond donors (Lipinski definition) is 1. The first-order valence-corrected chi connectivity index (χ1v) is 8.58. The Morgan fingerprint density at radius 2 is 1.76 bits per heavy atom. The van der Waals surface area contributed by atoms with E-state index >= 15 is 0 Å². The maximum absolute atomic E-state index is 12.4. The predicted octanol–water partition coefficient (Wildman–Crippen LogP) is 4.02. The Labute approximate surface area is 153 Å². The standard InChI is InChI=1S/C18H13ClN2O3S/c19-13-6-8-14(9-7-13)20-16(22)11-21-17(23)15(25-18(21)24)10-12-4-2-1-3-5-12/h1-10H,11H2,(H,20,22)/b15-10+. The second-order valence-corrected chi connectivity index (χ2v) is 6.66. The number of nitrogens with one attached hydrogen (secondary N) is 1. The number of nitrogens with zero attached hydrogens (tertiary/aromatic N) is 1. The molecule has 0 radical (unpaired) electrons. The van der Waals surface area contributed by atoms with Gasteiger partial charge in [0.15, 0.2) is 0 Å². The smallest absolute Gasteiger partial charge is 0.294 e. The van der Waals surface area contributed by atoms with Gasteiger partial charge in [-0.3, -0.25) is 19.3 Å². The van der Waals surface area contributed by atoms with Gasteiger partial charge in [-0.25, -0.2) is 0 Å². The van der Waals surface area contributed by atoms with E-state index in [2.05, 4.69) is 5.32 Å². The number of hydrogen-bond acceptors (Lipinski definition) is 4. The van der Waals surface area contributed by atoms with Crippen LogP contribution in [0.5, 0.6) is 0 Å². The van der Waals surface area contributed by atoms with E-state index in [1.165, 1.54) is 0 Å². The van der Waals surface area contributed by atoms with E-state index in [1.807, 2.05) is 30.3 Å². The Balaban J connectivity index is 1.67. The van der Waals surface area contributed by atoms with Gasteiger partial charge in [0.2, 0.25) is 5.91 Å². The van der Waals surface area contributed by atoms with Gasteiger partial charge in [-0.05, 0) is 47.7 Å². The summed E-state index contributed by atoms with van der Waals surface area (Å²) in [6.45, 7) is -0.334. The number of carbonyl (C=O) groups is 3. The molecule has 1 N–H and O–H groups in total. The van der Waals surface area contributed by atoms with Gasteiger partial charge in [-0.1, -0.05) is 41.9 Å². The molecular weight excluding hydrogens is 360 g/mol. The molecule has 3 rings (SSSR count). The first-order chi connectivity index (χ1) is 12.0. The predicted molar refractivity (Wildman–Crippen MR) is 99.2 cm³/mol. The largest absolute Gasteiger partial charge is 0.325 e. The number of imide groups is 1. The van der Waals surface area contributed by atoms with Gasteiger partial charge >= 0.3 is 0 Å². The van der Waals surface area contributed by atoms with Gasteiger partial charge in [-0.15, -0.1) is 0 Å². The normalized spacial score (nSPS) is 15.7. The van der Waals surface area contributed by atoms with Crippen LogP contribution in [0, 0.1) is 0 Å². The Morgan fingerprint density at radius 3 is 2.44 bits per heavy atom. The summed E-state index contributed by atoms with van der Waals surface area (Å²) in [5.74, 6) is -0.921. The number of rotatable bonds is 4. The quantitative estimate of drug-likeness (QED) is 0.823. The average Bonchev–Trinajstić information content (AvgIpc) is 2.85. The molecule has 1 heterocycles. The molecule has 25 heavy (non-hydrogen) atoms. The number of benzene rings is 2. The highest BCUT2D eigenvalue weighted by molar-refractivity contribution is 8.18. The van der Waals surface area contributed by atoms with Crippen LogP contribution in [0.4, 0.5) is 10.5 Å². The van der Waals surface area contributed by atoms with Crippen molar-refractivity contribution >= 4 is 52.2 Å². The summed E-state index contributed by atoms with van der Waals surface area (Å²) >= 11 is 6.62. The van der Waals surface area contributed by atoms with Gasteiger partial charge in [0.1, 0.15) is 6.54 Å². The first kappa shape index (κ1) is 17.3. The van der Waals surface area contributed by atoms with Crippen molar-refractivity contribution in [2.75, 3.05) is 11.9 Å². The van der Waals surface area contributed by atoms with E-state index in [0.29, 0.717) is 15.6 Å². The summed E-state index contributed by atoms with van der Waals surface area (Å²) in [6.07, 6.45) is 1.64. The molecule has 2 aromatic carbocycles. The molecule has 3 amide bonds. The molecular formula is C18H13ClN2O3S. The molecule has 1 aliphatic heterocycles. The van der Waals surface area contributed by atoms with Crippen LogP contribution in [0.15, 0.2) is 59.5 Å². The molecule has 2 aromatic rings. The van der Waals surface area contributed by atoms with Gasteiger partial charge in [-0.2, -0.15) is 0 Å². The number of anilines is 1. The van der Waals surface area contributed by atoms with Crippen LogP contribution in [0.25, 0.3) is 6.08 Å². The van der Waals surface area contributed by atoms with Crippen LogP contribution in [0.2, 0.25) is 5.02 Å². The van der Waals surface area contributed by atoms with E-state index in [9.17, 15) is 14.4 Å². The topological polar surface area (TPSA) is 66.5 Å². The van der Waals surface area contributed by atoms with Crippen molar-refractivity contribution in [2.24, 2.45) is 0 Å². The highest BCUT2D eigenvalue weighted by atomic mass is 35.5. The third kappa shape index (κ3) is 4.29. The Bertz CT molecular complexity index is 850. The van der Waals surface area contributed by atoms with Gasteiger partial charge in [0.25, 0.3) is 11.1 Å². The van der Waals surface area contributed by atoms with Crippen LogP contribution in [0.1, 0.15) is 5.56 Å². The molecule has 1 fully saturated rings. The lowest BCUT2D eigenvalue weighted by Crippen LogP contribution is -2.36. The van der Waals surface area contributed by atoms with E-state index in [0.717, 1.165) is 22.2 Å². The minimum atomic E-state index is -0.467. The SMILES string of the molecule is O=C(CN1C(=O)S/C(=C/c2ccccc2)C1=O)Nc1ccc(Cl)cc1. The zero-order valence-corrected chi connectivity index (χ0v) is 14.5. The number of halogens is 1. The summed E-state index contributed by atoms with van der Waals surface area (Å²) in [5.41, 5.74) is 1.36. The third-order valence-corrected chi connectivity index (χ3v) is 4.56. The highest BCUT2D eigenvalue weighted by Crippen LogP contribution is 2.32.